The van der Waals surface area contributed by atoms with Crippen molar-refractivity contribution in [3.05, 3.63) is 35.4 Å². The highest BCUT2D eigenvalue weighted by Crippen LogP contribution is 2.22. The third kappa shape index (κ3) is 6.68. The second-order valence-electron chi connectivity index (χ2n) is 7.80. The number of nitrogens with zero attached hydrogens (tertiary/aromatic N) is 2. The Bertz CT molecular complexity index is 528. The molecule has 1 aromatic carbocycles. The third-order valence-electron chi connectivity index (χ3n) is 4.79. The van der Waals surface area contributed by atoms with Crippen LogP contribution >= 0.6 is 0 Å². The van der Waals surface area contributed by atoms with E-state index >= 15 is 0 Å². The summed E-state index contributed by atoms with van der Waals surface area (Å²) in [5, 5.41) is 6.89. The maximum absolute atomic E-state index is 8.36. The molecule has 6 heteroatoms. The molecule has 2 fully saturated rings. The minimum atomic E-state index is -0.250. The van der Waals surface area contributed by atoms with Crippen LogP contribution < -0.4 is 0 Å². The zero-order chi connectivity index (χ0) is 19.0. The van der Waals surface area contributed by atoms with Gasteiger partial charge >= 0.3 is 0 Å². The van der Waals surface area contributed by atoms with Crippen molar-refractivity contribution >= 4 is 6.47 Å². The summed E-state index contributed by atoms with van der Waals surface area (Å²) in [5.41, 5.74) is 3.05. The van der Waals surface area contributed by atoms with Crippen molar-refractivity contribution in [1.82, 2.24) is 9.80 Å². The fourth-order valence-corrected chi connectivity index (χ4v) is 3.22. The first kappa shape index (κ1) is 20.8. The Labute approximate surface area is 156 Å². The summed E-state index contributed by atoms with van der Waals surface area (Å²) < 4.78 is 11.1. The van der Waals surface area contributed by atoms with Gasteiger partial charge in [0.25, 0.3) is 6.47 Å². The van der Waals surface area contributed by atoms with E-state index in [1.807, 2.05) is 0 Å². The SMILES string of the molecule is CC(C)(C)c1ccc(CN2CCN(CC3OCCO3)CC2)cc1.O=CO. The molecule has 0 amide bonds. The maximum atomic E-state index is 8.36. The molecule has 0 spiro atoms. The number of carbonyl (C=O) groups is 1. The normalized spacial score (nSPS) is 19.8. The van der Waals surface area contributed by atoms with Crippen molar-refractivity contribution in [3.63, 3.8) is 0 Å². The molecule has 0 bridgehead atoms. The van der Waals surface area contributed by atoms with Crippen LogP contribution in [0.3, 0.4) is 0 Å². The number of ether oxygens (including phenoxy) is 2. The zero-order valence-corrected chi connectivity index (χ0v) is 16.2. The van der Waals surface area contributed by atoms with E-state index in [-0.39, 0.29) is 18.2 Å². The first-order valence-electron chi connectivity index (χ1n) is 9.27. The number of benzene rings is 1. The van der Waals surface area contributed by atoms with Crippen molar-refractivity contribution < 1.29 is 19.4 Å². The summed E-state index contributed by atoms with van der Waals surface area (Å²) in [7, 11) is 0. The van der Waals surface area contributed by atoms with E-state index in [1.54, 1.807) is 0 Å². The monoisotopic (exact) mass is 364 g/mol. The van der Waals surface area contributed by atoms with Crippen LogP contribution in [0.1, 0.15) is 31.9 Å². The van der Waals surface area contributed by atoms with Crippen molar-refractivity contribution in [2.45, 2.75) is 39.0 Å². The first-order valence-corrected chi connectivity index (χ1v) is 9.27. The molecule has 0 atom stereocenters. The molecule has 0 aromatic heterocycles. The lowest BCUT2D eigenvalue weighted by Gasteiger charge is -2.35. The molecule has 2 saturated heterocycles. The Balaban J connectivity index is 0.000000758. The minimum Gasteiger partial charge on any atom is -0.483 e. The molecule has 1 aromatic rings. The van der Waals surface area contributed by atoms with Crippen LogP contribution in [-0.4, -0.2) is 73.6 Å². The van der Waals surface area contributed by atoms with Crippen molar-refractivity contribution in [3.8, 4) is 0 Å². The van der Waals surface area contributed by atoms with Gasteiger partial charge in [-0.15, -0.1) is 0 Å². The molecule has 2 heterocycles. The predicted molar refractivity (Wildman–Crippen MR) is 101 cm³/mol. The number of carboxylic acid groups (broad SMARTS) is 1. The average Bonchev–Trinajstić information content (AvgIpc) is 3.10. The summed E-state index contributed by atoms with van der Waals surface area (Å²) in [6.07, 6.45) is -0.00788. The molecule has 0 saturated carbocycles. The standard InChI is InChI=1S/C19H30N2O2.CH2O2/c1-19(2,3)17-6-4-16(5-7-17)14-20-8-10-21(11-9-20)15-18-22-12-13-23-18;2-1-3/h4-7,18H,8-15H2,1-3H3;1H,(H,2,3). The van der Waals surface area contributed by atoms with E-state index < -0.39 is 0 Å². The van der Waals surface area contributed by atoms with Crippen LogP contribution in [0.5, 0.6) is 0 Å². The van der Waals surface area contributed by atoms with Crippen LogP contribution in [0.4, 0.5) is 0 Å². The lowest BCUT2D eigenvalue weighted by molar-refractivity contribution is -0.122. The molecular weight excluding hydrogens is 332 g/mol. The summed E-state index contributed by atoms with van der Waals surface area (Å²) in [6.45, 7) is 14.4. The Kier molecular flexibility index (Phi) is 8.03. The highest BCUT2D eigenvalue weighted by molar-refractivity contribution is 5.32. The van der Waals surface area contributed by atoms with Gasteiger partial charge in [0.05, 0.1) is 13.2 Å². The van der Waals surface area contributed by atoms with Gasteiger partial charge in [0.1, 0.15) is 0 Å². The number of hydrogen-bond donors (Lipinski definition) is 1. The van der Waals surface area contributed by atoms with Gasteiger partial charge in [-0.25, -0.2) is 0 Å². The molecule has 1 N–H and O–H groups in total. The van der Waals surface area contributed by atoms with E-state index in [9.17, 15) is 0 Å². The highest BCUT2D eigenvalue weighted by atomic mass is 16.7. The predicted octanol–water partition coefficient (Wildman–Crippen LogP) is 2.18. The van der Waals surface area contributed by atoms with Gasteiger partial charge in [0, 0.05) is 39.3 Å². The Morgan fingerprint density at radius 3 is 2.04 bits per heavy atom. The van der Waals surface area contributed by atoms with Crippen LogP contribution in [0, 0.1) is 0 Å². The second kappa shape index (κ2) is 10.0. The van der Waals surface area contributed by atoms with E-state index in [0.717, 1.165) is 52.5 Å². The largest absolute Gasteiger partial charge is 0.483 e. The fourth-order valence-electron chi connectivity index (χ4n) is 3.22. The maximum Gasteiger partial charge on any atom is 0.290 e. The van der Waals surface area contributed by atoms with Gasteiger partial charge in [-0.2, -0.15) is 0 Å². The van der Waals surface area contributed by atoms with Crippen molar-refractivity contribution in [2.24, 2.45) is 0 Å². The number of hydrogen-bond acceptors (Lipinski definition) is 5. The number of piperazine rings is 1. The van der Waals surface area contributed by atoms with Crippen LogP contribution in [0.2, 0.25) is 0 Å². The van der Waals surface area contributed by atoms with Gasteiger partial charge in [-0.1, -0.05) is 45.0 Å². The second-order valence-corrected chi connectivity index (χ2v) is 7.80. The quantitative estimate of drug-likeness (QED) is 0.827. The molecular formula is C20H32N2O4. The highest BCUT2D eigenvalue weighted by Gasteiger charge is 2.23. The van der Waals surface area contributed by atoms with Crippen molar-refractivity contribution in [2.75, 3.05) is 45.9 Å². The molecule has 3 rings (SSSR count). The molecule has 2 aliphatic heterocycles. The molecule has 2 aliphatic rings. The summed E-state index contributed by atoms with van der Waals surface area (Å²) >= 11 is 0. The molecule has 26 heavy (non-hydrogen) atoms. The van der Waals surface area contributed by atoms with Crippen LogP contribution in [-0.2, 0) is 26.2 Å². The van der Waals surface area contributed by atoms with Gasteiger partial charge in [0.2, 0.25) is 0 Å². The fraction of sp³-hybridized carbons (Fsp3) is 0.650. The molecule has 146 valence electrons. The number of rotatable bonds is 4. The molecule has 0 unspecified atom stereocenters. The minimum absolute atomic E-state index is 0.00788. The van der Waals surface area contributed by atoms with Gasteiger partial charge < -0.3 is 14.6 Å². The van der Waals surface area contributed by atoms with E-state index in [4.69, 9.17) is 19.4 Å². The third-order valence-corrected chi connectivity index (χ3v) is 4.79. The summed E-state index contributed by atoms with van der Waals surface area (Å²) in [5.74, 6) is 0. The van der Waals surface area contributed by atoms with Gasteiger partial charge in [-0.05, 0) is 16.5 Å². The molecule has 6 nitrogen and oxygen atoms in total. The molecule has 0 aliphatic carbocycles. The smallest absolute Gasteiger partial charge is 0.290 e. The van der Waals surface area contributed by atoms with Crippen molar-refractivity contribution in [1.29, 1.82) is 0 Å². The Hall–Kier alpha value is -1.47. The van der Waals surface area contributed by atoms with E-state index in [0.29, 0.717) is 0 Å². The summed E-state index contributed by atoms with van der Waals surface area (Å²) in [6, 6.07) is 9.13. The molecule has 0 radical (unpaired) electrons. The van der Waals surface area contributed by atoms with Gasteiger partial charge in [-0.3, -0.25) is 14.6 Å². The Morgan fingerprint density at radius 1 is 1.04 bits per heavy atom. The Morgan fingerprint density at radius 2 is 1.54 bits per heavy atom. The lowest BCUT2D eigenvalue weighted by Crippen LogP contribution is -2.48. The van der Waals surface area contributed by atoms with Crippen LogP contribution in [0.15, 0.2) is 24.3 Å². The van der Waals surface area contributed by atoms with Gasteiger partial charge in [0.15, 0.2) is 6.29 Å². The lowest BCUT2D eigenvalue weighted by atomic mass is 9.87. The first-order chi connectivity index (χ1) is 12.4. The topological polar surface area (TPSA) is 62.2 Å². The average molecular weight is 364 g/mol. The van der Waals surface area contributed by atoms with E-state index in [1.165, 1.54) is 11.1 Å². The zero-order valence-electron chi connectivity index (χ0n) is 16.2. The van der Waals surface area contributed by atoms with E-state index in [2.05, 4.69) is 54.8 Å². The summed E-state index contributed by atoms with van der Waals surface area (Å²) in [4.78, 5) is 13.4. The van der Waals surface area contributed by atoms with Crippen LogP contribution in [0.25, 0.3) is 0 Å².